The summed E-state index contributed by atoms with van der Waals surface area (Å²) in [5.74, 6) is -0.250. The van der Waals surface area contributed by atoms with Gasteiger partial charge < -0.3 is 21.4 Å². The van der Waals surface area contributed by atoms with E-state index in [0.29, 0.717) is 37.5 Å². The van der Waals surface area contributed by atoms with Gasteiger partial charge in [0.15, 0.2) is 0 Å². The minimum Gasteiger partial charge on any atom is -0.386 e. The first-order chi connectivity index (χ1) is 22.0. The molecule has 4 aromatic carbocycles. The Morgan fingerprint density at radius 3 is 2.47 bits per heavy atom. The normalized spacial score (nSPS) is 12.4. The number of aliphatic imine (C=N–C) groups is 1. The van der Waals surface area contributed by atoms with E-state index in [2.05, 4.69) is 44.9 Å². The SMILES string of the molecule is NC(CCl)=NCCC[C@H](NC(=O)c1cc2c([nH]c3ccccc32)c(-c2ccc3ccccc3c2)n1)C(=O)NCc1ccccc1. The minimum atomic E-state index is -0.807. The van der Waals surface area contributed by atoms with Crippen LogP contribution in [0, 0.1) is 0 Å². The van der Waals surface area contributed by atoms with E-state index in [1.165, 1.54) is 0 Å². The van der Waals surface area contributed by atoms with Crippen molar-refractivity contribution in [3.63, 3.8) is 0 Å². The zero-order chi connectivity index (χ0) is 31.2. The molecule has 9 heteroatoms. The second kappa shape index (κ2) is 13.6. The zero-order valence-corrected chi connectivity index (χ0v) is 25.4. The van der Waals surface area contributed by atoms with Gasteiger partial charge in [0.2, 0.25) is 5.91 Å². The Morgan fingerprint density at radius 1 is 0.889 bits per heavy atom. The molecule has 45 heavy (non-hydrogen) atoms. The molecule has 5 N–H and O–H groups in total. The lowest BCUT2D eigenvalue weighted by molar-refractivity contribution is -0.123. The maximum Gasteiger partial charge on any atom is 0.270 e. The summed E-state index contributed by atoms with van der Waals surface area (Å²) in [4.78, 5) is 39.9. The molecule has 0 fully saturated rings. The van der Waals surface area contributed by atoms with Gasteiger partial charge in [0.1, 0.15) is 17.6 Å². The summed E-state index contributed by atoms with van der Waals surface area (Å²) in [5, 5.41) is 9.97. The molecule has 6 rings (SSSR count). The van der Waals surface area contributed by atoms with Crippen LogP contribution in [0.1, 0.15) is 28.9 Å². The average molecular weight is 617 g/mol. The highest BCUT2D eigenvalue weighted by atomic mass is 35.5. The van der Waals surface area contributed by atoms with E-state index in [1.54, 1.807) is 6.07 Å². The Morgan fingerprint density at radius 2 is 1.64 bits per heavy atom. The lowest BCUT2D eigenvalue weighted by Crippen LogP contribution is -2.46. The van der Waals surface area contributed by atoms with Gasteiger partial charge in [-0.15, -0.1) is 11.6 Å². The van der Waals surface area contributed by atoms with E-state index in [4.69, 9.17) is 22.3 Å². The second-order valence-corrected chi connectivity index (χ2v) is 11.2. The van der Waals surface area contributed by atoms with Crippen LogP contribution in [0.3, 0.4) is 0 Å². The Labute approximate surface area is 265 Å². The summed E-state index contributed by atoms with van der Waals surface area (Å²) in [6.45, 7) is 0.734. The van der Waals surface area contributed by atoms with Gasteiger partial charge >= 0.3 is 0 Å². The van der Waals surface area contributed by atoms with Crippen molar-refractivity contribution in [1.29, 1.82) is 0 Å². The number of pyridine rings is 1. The van der Waals surface area contributed by atoms with Gasteiger partial charge in [-0.2, -0.15) is 0 Å². The Hall–Kier alpha value is -5.21. The highest BCUT2D eigenvalue weighted by molar-refractivity contribution is 6.28. The molecule has 0 spiro atoms. The molecule has 8 nitrogen and oxygen atoms in total. The van der Waals surface area contributed by atoms with E-state index < -0.39 is 11.9 Å². The van der Waals surface area contributed by atoms with Crippen LogP contribution in [0.15, 0.2) is 108 Å². The van der Waals surface area contributed by atoms with Gasteiger partial charge in [0, 0.05) is 34.9 Å². The van der Waals surface area contributed by atoms with Crippen molar-refractivity contribution in [3.8, 4) is 11.3 Å². The van der Waals surface area contributed by atoms with Gasteiger partial charge in [-0.25, -0.2) is 4.98 Å². The van der Waals surface area contributed by atoms with E-state index in [-0.39, 0.29) is 17.5 Å². The second-order valence-electron chi connectivity index (χ2n) is 10.9. The van der Waals surface area contributed by atoms with Crippen molar-refractivity contribution in [3.05, 3.63) is 114 Å². The molecule has 2 amide bonds. The topological polar surface area (TPSA) is 125 Å². The van der Waals surface area contributed by atoms with Crippen molar-refractivity contribution < 1.29 is 9.59 Å². The summed E-state index contributed by atoms with van der Waals surface area (Å²) < 4.78 is 0. The third-order valence-corrected chi connectivity index (χ3v) is 8.06. The van der Waals surface area contributed by atoms with Crippen LogP contribution in [-0.2, 0) is 11.3 Å². The number of nitrogens with zero attached hydrogens (tertiary/aromatic N) is 2. The number of carbonyl (C=O) groups excluding carboxylic acids is 2. The Bertz CT molecular complexity index is 2020. The number of benzene rings is 4. The fourth-order valence-corrected chi connectivity index (χ4v) is 5.56. The van der Waals surface area contributed by atoms with Crippen molar-refractivity contribution in [2.45, 2.75) is 25.4 Å². The number of hydrogen-bond acceptors (Lipinski definition) is 4. The zero-order valence-electron chi connectivity index (χ0n) is 24.6. The summed E-state index contributed by atoms with van der Waals surface area (Å²) in [6.07, 6.45) is 0.886. The first-order valence-electron chi connectivity index (χ1n) is 14.9. The van der Waals surface area contributed by atoms with Crippen LogP contribution in [0.5, 0.6) is 0 Å². The third-order valence-electron chi connectivity index (χ3n) is 7.79. The van der Waals surface area contributed by atoms with Gasteiger partial charge in [0.05, 0.1) is 17.1 Å². The number of fused-ring (bicyclic) bond motifs is 4. The summed E-state index contributed by atoms with van der Waals surface area (Å²) in [7, 11) is 0. The number of nitrogens with one attached hydrogen (secondary N) is 3. The molecular formula is C36H33ClN6O2. The molecule has 0 aliphatic heterocycles. The van der Waals surface area contributed by atoms with Gasteiger partial charge in [-0.05, 0) is 47.4 Å². The number of amidine groups is 1. The highest BCUT2D eigenvalue weighted by Gasteiger charge is 2.24. The van der Waals surface area contributed by atoms with Gasteiger partial charge in [-0.3, -0.25) is 14.6 Å². The van der Waals surface area contributed by atoms with Crippen LogP contribution in [0.4, 0.5) is 0 Å². The number of carbonyl (C=O) groups is 2. The summed E-state index contributed by atoms with van der Waals surface area (Å²) in [5.41, 5.74) is 10.3. The van der Waals surface area contributed by atoms with Crippen LogP contribution >= 0.6 is 11.6 Å². The number of alkyl halides is 1. The first kappa shape index (κ1) is 29.8. The number of nitrogens with two attached hydrogens (primary N) is 1. The van der Waals surface area contributed by atoms with Crippen LogP contribution in [-0.4, -0.2) is 46.1 Å². The molecular weight excluding hydrogens is 584 g/mol. The lowest BCUT2D eigenvalue weighted by atomic mass is 10.0. The van der Waals surface area contributed by atoms with Crippen LogP contribution < -0.4 is 16.4 Å². The summed E-state index contributed by atoms with van der Waals surface area (Å²) in [6, 6.07) is 32.9. The van der Waals surface area contributed by atoms with Crippen molar-refractivity contribution >= 4 is 61.8 Å². The van der Waals surface area contributed by atoms with Crippen molar-refractivity contribution in [2.75, 3.05) is 12.4 Å². The number of halogens is 1. The molecule has 0 unspecified atom stereocenters. The molecule has 6 aromatic rings. The number of para-hydroxylation sites is 1. The smallest absolute Gasteiger partial charge is 0.270 e. The van der Waals surface area contributed by atoms with E-state index in [9.17, 15) is 9.59 Å². The number of H-pyrrole nitrogens is 1. The lowest BCUT2D eigenvalue weighted by Gasteiger charge is -2.19. The molecule has 0 aliphatic rings. The maximum absolute atomic E-state index is 13.9. The number of aromatic amines is 1. The van der Waals surface area contributed by atoms with Crippen LogP contribution in [0.25, 0.3) is 43.8 Å². The van der Waals surface area contributed by atoms with Crippen molar-refractivity contribution in [2.24, 2.45) is 10.7 Å². The highest BCUT2D eigenvalue weighted by Crippen LogP contribution is 2.34. The molecule has 226 valence electrons. The van der Waals surface area contributed by atoms with E-state index in [1.807, 2.05) is 72.8 Å². The minimum absolute atomic E-state index is 0.138. The number of rotatable bonds is 11. The summed E-state index contributed by atoms with van der Waals surface area (Å²) >= 11 is 5.75. The van der Waals surface area contributed by atoms with Crippen molar-refractivity contribution in [1.82, 2.24) is 20.6 Å². The molecule has 0 radical (unpaired) electrons. The van der Waals surface area contributed by atoms with E-state index in [0.717, 1.165) is 43.7 Å². The first-order valence-corrected chi connectivity index (χ1v) is 15.4. The van der Waals surface area contributed by atoms with Crippen LogP contribution in [0.2, 0.25) is 0 Å². The molecule has 0 saturated carbocycles. The number of aromatic nitrogens is 2. The largest absolute Gasteiger partial charge is 0.386 e. The third kappa shape index (κ3) is 6.81. The molecule has 1 atom stereocenters. The fraction of sp³-hybridized carbons (Fsp3) is 0.167. The maximum atomic E-state index is 13.9. The fourth-order valence-electron chi connectivity index (χ4n) is 5.48. The standard InChI is InChI=1S/C36H33ClN6O2/c37-21-32(38)39-18-8-15-30(35(44)40-22-23-9-2-1-3-10-23)43-36(45)31-20-28-27-13-6-7-14-29(27)41-34(28)33(42-31)26-17-16-24-11-4-5-12-25(24)19-26/h1-7,9-14,16-17,19-20,30,41H,8,15,18,21-22H2,(H2,38,39)(H,40,44)(H,43,45)/t30-/m0/s1. The number of amides is 2. The predicted octanol–water partition coefficient (Wildman–Crippen LogP) is 6.33. The molecule has 2 heterocycles. The molecule has 0 bridgehead atoms. The monoisotopic (exact) mass is 616 g/mol. The molecule has 0 aliphatic carbocycles. The Kier molecular flexibility index (Phi) is 9.03. The van der Waals surface area contributed by atoms with Gasteiger partial charge in [-0.1, -0.05) is 84.9 Å². The predicted molar refractivity (Wildman–Crippen MR) is 183 cm³/mol. The average Bonchev–Trinajstić information content (AvgIpc) is 3.46. The quantitative estimate of drug-likeness (QED) is 0.0588. The van der Waals surface area contributed by atoms with E-state index >= 15 is 0 Å². The molecule has 0 saturated heterocycles. The number of hydrogen-bond donors (Lipinski definition) is 4. The Balaban J connectivity index is 1.33. The molecule has 2 aromatic heterocycles. The van der Waals surface area contributed by atoms with Gasteiger partial charge in [0.25, 0.3) is 5.91 Å².